The third-order valence-corrected chi connectivity index (χ3v) is 3.89. The second kappa shape index (κ2) is 7.49. The molecule has 19 heavy (non-hydrogen) atoms. The molecular weight excluding hydrogens is 241 g/mol. The van der Waals surface area contributed by atoms with Crippen LogP contribution >= 0.6 is 0 Å². The van der Waals surface area contributed by atoms with Gasteiger partial charge in [0.15, 0.2) is 0 Å². The number of rotatable bonds is 1. The van der Waals surface area contributed by atoms with Crippen molar-refractivity contribution >= 4 is 0 Å². The van der Waals surface area contributed by atoms with E-state index in [1.54, 1.807) is 19.1 Å². The molecule has 0 amide bonds. The van der Waals surface area contributed by atoms with E-state index in [2.05, 4.69) is 26.1 Å². The van der Waals surface area contributed by atoms with Gasteiger partial charge in [0.2, 0.25) is 0 Å². The number of hydrogen-bond acceptors (Lipinski definition) is 2. The molecule has 3 heteroatoms. The molecule has 2 nitrogen and oxygen atoms in total. The number of nitrogens with one attached hydrogen (secondary N) is 1. The van der Waals surface area contributed by atoms with Gasteiger partial charge in [-0.3, -0.25) is 0 Å². The normalized spacial score (nSPS) is 26.3. The van der Waals surface area contributed by atoms with Crippen LogP contribution in [0.4, 0.5) is 4.39 Å². The Morgan fingerprint density at radius 1 is 1.21 bits per heavy atom. The standard InChI is InChI=1S/C8H9FO.C8H17N/c1-6-7(9)4-3-5-8(6)10-2;1-6-4-5-7(2)9-8(6)3/h3-5H,1-2H3;6-9H,4-5H2,1-3H3. The molecule has 0 aromatic heterocycles. The van der Waals surface area contributed by atoms with E-state index in [0.717, 1.165) is 18.0 Å². The van der Waals surface area contributed by atoms with Crippen molar-refractivity contribution < 1.29 is 9.13 Å². The van der Waals surface area contributed by atoms with Gasteiger partial charge < -0.3 is 10.1 Å². The Labute approximate surface area is 116 Å². The zero-order chi connectivity index (χ0) is 14.4. The Hall–Kier alpha value is -1.09. The predicted molar refractivity (Wildman–Crippen MR) is 78.1 cm³/mol. The van der Waals surface area contributed by atoms with Gasteiger partial charge >= 0.3 is 0 Å². The average molecular weight is 267 g/mol. The summed E-state index contributed by atoms with van der Waals surface area (Å²) in [5.41, 5.74) is 0.560. The largest absolute Gasteiger partial charge is 0.496 e. The molecule has 0 bridgehead atoms. The predicted octanol–water partition coefficient (Wildman–Crippen LogP) is 3.93. The van der Waals surface area contributed by atoms with E-state index in [0.29, 0.717) is 11.3 Å². The van der Waals surface area contributed by atoms with Crippen molar-refractivity contribution in [3.8, 4) is 5.75 Å². The second-order valence-electron chi connectivity index (χ2n) is 5.48. The van der Waals surface area contributed by atoms with Crippen LogP contribution in [-0.4, -0.2) is 19.2 Å². The Morgan fingerprint density at radius 3 is 2.37 bits per heavy atom. The zero-order valence-corrected chi connectivity index (χ0v) is 12.7. The number of benzene rings is 1. The summed E-state index contributed by atoms with van der Waals surface area (Å²) in [6, 6.07) is 6.25. The molecule has 0 radical (unpaired) electrons. The fraction of sp³-hybridized carbons (Fsp3) is 0.625. The van der Waals surface area contributed by atoms with E-state index < -0.39 is 0 Å². The highest BCUT2D eigenvalue weighted by atomic mass is 19.1. The van der Waals surface area contributed by atoms with Crippen molar-refractivity contribution in [3.05, 3.63) is 29.6 Å². The fourth-order valence-electron chi connectivity index (χ4n) is 2.27. The Bertz CT molecular complexity index is 394. The summed E-state index contributed by atoms with van der Waals surface area (Å²) < 4.78 is 17.6. The maximum atomic E-state index is 12.7. The van der Waals surface area contributed by atoms with Gasteiger partial charge in [-0.2, -0.15) is 0 Å². The van der Waals surface area contributed by atoms with Crippen LogP contribution in [0.15, 0.2) is 18.2 Å². The molecule has 1 N–H and O–H groups in total. The molecule has 1 heterocycles. The van der Waals surface area contributed by atoms with Crippen molar-refractivity contribution in [2.24, 2.45) is 5.92 Å². The number of hydrogen-bond donors (Lipinski definition) is 1. The highest BCUT2D eigenvalue weighted by Gasteiger charge is 2.19. The lowest BCUT2D eigenvalue weighted by molar-refractivity contribution is 0.269. The van der Waals surface area contributed by atoms with Crippen LogP contribution < -0.4 is 10.1 Å². The van der Waals surface area contributed by atoms with Gasteiger partial charge in [0.05, 0.1) is 7.11 Å². The van der Waals surface area contributed by atoms with Crippen molar-refractivity contribution in [3.63, 3.8) is 0 Å². The Morgan fingerprint density at radius 2 is 1.89 bits per heavy atom. The van der Waals surface area contributed by atoms with Gasteiger partial charge in [0, 0.05) is 17.6 Å². The molecule has 1 saturated heterocycles. The van der Waals surface area contributed by atoms with E-state index in [-0.39, 0.29) is 5.82 Å². The first-order chi connectivity index (χ1) is 8.95. The summed E-state index contributed by atoms with van der Waals surface area (Å²) in [5.74, 6) is 1.25. The van der Waals surface area contributed by atoms with Crippen molar-refractivity contribution in [1.82, 2.24) is 5.32 Å². The van der Waals surface area contributed by atoms with Gasteiger partial charge in [-0.05, 0) is 51.7 Å². The van der Waals surface area contributed by atoms with E-state index in [1.165, 1.54) is 26.0 Å². The summed E-state index contributed by atoms with van der Waals surface area (Å²) in [6.07, 6.45) is 2.75. The van der Waals surface area contributed by atoms with Crippen LogP contribution in [0, 0.1) is 18.7 Å². The van der Waals surface area contributed by atoms with Gasteiger partial charge in [0.1, 0.15) is 11.6 Å². The molecule has 1 aliphatic heterocycles. The Balaban J connectivity index is 0.000000191. The minimum atomic E-state index is -0.223. The van der Waals surface area contributed by atoms with E-state index in [1.807, 2.05) is 0 Å². The molecule has 0 aliphatic carbocycles. The molecule has 1 fully saturated rings. The van der Waals surface area contributed by atoms with Gasteiger partial charge in [-0.25, -0.2) is 4.39 Å². The summed E-state index contributed by atoms with van der Waals surface area (Å²) >= 11 is 0. The summed E-state index contributed by atoms with van der Waals surface area (Å²) in [4.78, 5) is 0. The highest BCUT2D eigenvalue weighted by Crippen LogP contribution is 2.19. The van der Waals surface area contributed by atoms with Gasteiger partial charge in [-0.1, -0.05) is 13.0 Å². The summed E-state index contributed by atoms with van der Waals surface area (Å²) in [5, 5.41) is 3.53. The third kappa shape index (κ3) is 4.83. The molecule has 1 aliphatic rings. The van der Waals surface area contributed by atoms with Crippen molar-refractivity contribution in [1.29, 1.82) is 0 Å². The highest BCUT2D eigenvalue weighted by molar-refractivity contribution is 5.32. The molecular formula is C16H26FNO. The van der Waals surface area contributed by atoms with Gasteiger partial charge in [-0.15, -0.1) is 0 Å². The second-order valence-corrected chi connectivity index (χ2v) is 5.48. The molecule has 0 saturated carbocycles. The smallest absolute Gasteiger partial charge is 0.129 e. The number of methoxy groups -OCH3 is 1. The molecule has 1 aromatic rings. The molecule has 3 atom stereocenters. The lowest BCUT2D eigenvalue weighted by Gasteiger charge is -2.31. The third-order valence-electron chi connectivity index (χ3n) is 3.89. The summed E-state index contributed by atoms with van der Waals surface area (Å²) in [7, 11) is 1.53. The molecule has 1 aromatic carbocycles. The zero-order valence-electron chi connectivity index (χ0n) is 12.7. The maximum absolute atomic E-state index is 12.7. The quantitative estimate of drug-likeness (QED) is 0.832. The number of halogens is 1. The van der Waals surface area contributed by atoms with Crippen LogP contribution in [0.3, 0.4) is 0 Å². The van der Waals surface area contributed by atoms with Crippen LogP contribution in [0.2, 0.25) is 0 Å². The molecule has 108 valence electrons. The summed E-state index contributed by atoms with van der Waals surface area (Å²) in [6.45, 7) is 8.56. The van der Waals surface area contributed by atoms with Gasteiger partial charge in [0.25, 0.3) is 0 Å². The molecule has 3 unspecified atom stereocenters. The lowest BCUT2D eigenvalue weighted by Crippen LogP contribution is -2.43. The molecule has 0 spiro atoms. The van der Waals surface area contributed by atoms with Crippen LogP contribution in [-0.2, 0) is 0 Å². The van der Waals surface area contributed by atoms with E-state index in [9.17, 15) is 4.39 Å². The first kappa shape index (κ1) is 16.0. The van der Waals surface area contributed by atoms with Crippen molar-refractivity contribution in [2.45, 2.75) is 52.6 Å². The number of piperidine rings is 1. The monoisotopic (exact) mass is 267 g/mol. The average Bonchev–Trinajstić information content (AvgIpc) is 2.38. The maximum Gasteiger partial charge on any atom is 0.129 e. The first-order valence-corrected chi connectivity index (χ1v) is 7.00. The lowest BCUT2D eigenvalue weighted by atomic mass is 9.91. The van der Waals surface area contributed by atoms with Crippen LogP contribution in [0.5, 0.6) is 5.75 Å². The topological polar surface area (TPSA) is 21.3 Å². The van der Waals surface area contributed by atoms with Crippen molar-refractivity contribution in [2.75, 3.05) is 7.11 Å². The first-order valence-electron chi connectivity index (χ1n) is 7.00. The van der Waals surface area contributed by atoms with Crippen LogP contribution in [0.1, 0.15) is 39.2 Å². The van der Waals surface area contributed by atoms with E-state index in [4.69, 9.17) is 4.74 Å². The van der Waals surface area contributed by atoms with Crippen LogP contribution in [0.25, 0.3) is 0 Å². The fourth-order valence-corrected chi connectivity index (χ4v) is 2.27. The minimum absolute atomic E-state index is 0.223. The Kier molecular flexibility index (Phi) is 6.29. The number of ether oxygens (including phenoxy) is 1. The molecule has 2 rings (SSSR count). The SMILES string of the molecule is CC1CCC(C)C(C)N1.COc1cccc(F)c1C. The minimum Gasteiger partial charge on any atom is -0.496 e. The van der Waals surface area contributed by atoms with E-state index >= 15 is 0 Å².